The van der Waals surface area contributed by atoms with Crippen LogP contribution in [0.25, 0.3) is 5.69 Å². The number of aromatic nitrogens is 2. The SMILES string of the molecule is O=C(NCC1CCCC1O)c1ccc(-n2cccn2)c(F)c1. The van der Waals surface area contributed by atoms with Gasteiger partial charge in [-0.25, -0.2) is 9.07 Å². The van der Waals surface area contributed by atoms with Gasteiger partial charge in [0.1, 0.15) is 11.5 Å². The molecular formula is C16H18FN3O2. The van der Waals surface area contributed by atoms with Crippen LogP contribution in [0.5, 0.6) is 0 Å². The number of hydrogen-bond donors (Lipinski definition) is 2. The van der Waals surface area contributed by atoms with Crippen molar-refractivity contribution in [3.8, 4) is 5.69 Å². The Morgan fingerprint density at radius 2 is 2.32 bits per heavy atom. The van der Waals surface area contributed by atoms with E-state index in [9.17, 15) is 14.3 Å². The molecule has 22 heavy (non-hydrogen) atoms. The van der Waals surface area contributed by atoms with Crippen LogP contribution >= 0.6 is 0 Å². The summed E-state index contributed by atoms with van der Waals surface area (Å²) in [5.41, 5.74) is 0.564. The second-order valence-electron chi connectivity index (χ2n) is 5.59. The zero-order valence-electron chi connectivity index (χ0n) is 12.1. The number of halogens is 1. The number of hydrogen-bond acceptors (Lipinski definition) is 3. The molecule has 0 bridgehead atoms. The summed E-state index contributed by atoms with van der Waals surface area (Å²) in [6, 6.07) is 6.01. The zero-order valence-corrected chi connectivity index (χ0v) is 12.1. The van der Waals surface area contributed by atoms with Crippen LogP contribution in [0.1, 0.15) is 29.6 Å². The maximum Gasteiger partial charge on any atom is 0.251 e. The molecule has 2 N–H and O–H groups in total. The molecule has 116 valence electrons. The van der Waals surface area contributed by atoms with E-state index in [1.54, 1.807) is 24.5 Å². The Kier molecular flexibility index (Phi) is 4.20. The molecule has 0 spiro atoms. The summed E-state index contributed by atoms with van der Waals surface area (Å²) < 4.78 is 15.5. The lowest BCUT2D eigenvalue weighted by molar-refractivity contribution is 0.0916. The predicted octanol–water partition coefficient (Wildman–Crippen LogP) is 1.90. The summed E-state index contributed by atoms with van der Waals surface area (Å²) in [5, 5.41) is 16.5. The number of rotatable bonds is 4. The first-order valence-electron chi connectivity index (χ1n) is 7.41. The van der Waals surface area contributed by atoms with Gasteiger partial charge in [0.15, 0.2) is 0 Å². The molecular weight excluding hydrogens is 285 g/mol. The fraction of sp³-hybridized carbons (Fsp3) is 0.375. The number of aliphatic hydroxyl groups is 1. The first-order chi connectivity index (χ1) is 10.6. The van der Waals surface area contributed by atoms with Gasteiger partial charge in [-0.3, -0.25) is 4.79 Å². The lowest BCUT2D eigenvalue weighted by Gasteiger charge is -2.15. The van der Waals surface area contributed by atoms with Crippen LogP contribution in [0.4, 0.5) is 4.39 Å². The van der Waals surface area contributed by atoms with Gasteiger partial charge in [-0.2, -0.15) is 5.10 Å². The van der Waals surface area contributed by atoms with Gasteiger partial charge in [-0.1, -0.05) is 6.42 Å². The molecule has 0 aliphatic heterocycles. The highest BCUT2D eigenvalue weighted by atomic mass is 19.1. The number of nitrogens with zero attached hydrogens (tertiary/aromatic N) is 2. The molecule has 6 heteroatoms. The van der Waals surface area contributed by atoms with Crippen LogP contribution in [0.15, 0.2) is 36.7 Å². The van der Waals surface area contributed by atoms with Crippen LogP contribution in [0.2, 0.25) is 0 Å². The summed E-state index contributed by atoms with van der Waals surface area (Å²) in [7, 11) is 0. The first kappa shape index (κ1) is 14.7. The molecule has 1 amide bonds. The molecule has 2 atom stereocenters. The molecule has 3 rings (SSSR count). The van der Waals surface area contributed by atoms with E-state index < -0.39 is 5.82 Å². The molecule has 1 saturated carbocycles. The Bertz CT molecular complexity index is 657. The Hall–Kier alpha value is -2.21. The standard InChI is InChI=1S/C16H18FN3O2/c17-13-9-11(5-6-14(13)20-8-2-7-19-20)16(22)18-10-12-3-1-4-15(12)21/h2,5-9,12,15,21H,1,3-4,10H2,(H,18,22). The number of aliphatic hydroxyl groups excluding tert-OH is 1. The predicted molar refractivity (Wildman–Crippen MR) is 79.2 cm³/mol. The van der Waals surface area contributed by atoms with Gasteiger partial charge < -0.3 is 10.4 Å². The van der Waals surface area contributed by atoms with Gasteiger partial charge in [0.2, 0.25) is 0 Å². The highest BCUT2D eigenvalue weighted by Crippen LogP contribution is 2.24. The molecule has 0 radical (unpaired) electrons. The molecule has 1 aromatic carbocycles. The average molecular weight is 303 g/mol. The van der Waals surface area contributed by atoms with Crippen molar-refractivity contribution in [2.24, 2.45) is 5.92 Å². The minimum Gasteiger partial charge on any atom is -0.393 e. The number of nitrogens with one attached hydrogen (secondary N) is 1. The Balaban J connectivity index is 1.67. The summed E-state index contributed by atoms with van der Waals surface area (Å²) in [4.78, 5) is 12.1. The maximum absolute atomic E-state index is 14.1. The molecule has 1 aromatic heterocycles. The van der Waals surface area contributed by atoms with E-state index in [0.717, 1.165) is 19.3 Å². The van der Waals surface area contributed by atoms with Gasteiger partial charge in [-0.15, -0.1) is 0 Å². The minimum atomic E-state index is -0.503. The third-order valence-electron chi connectivity index (χ3n) is 4.10. The quantitative estimate of drug-likeness (QED) is 0.906. The molecule has 1 fully saturated rings. The van der Waals surface area contributed by atoms with Crippen molar-refractivity contribution in [3.63, 3.8) is 0 Å². The lowest BCUT2D eigenvalue weighted by Crippen LogP contribution is -2.32. The fourth-order valence-corrected chi connectivity index (χ4v) is 2.83. The lowest BCUT2D eigenvalue weighted by atomic mass is 10.1. The van der Waals surface area contributed by atoms with E-state index in [0.29, 0.717) is 12.2 Å². The zero-order chi connectivity index (χ0) is 15.5. The number of carbonyl (C=O) groups is 1. The largest absolute Gasteiger partial charge is 0.393 e. The highest BCUT2D eigenvalue weighted by molar-refractivity contribution is 5.94. The molecule has 1 aliphatic carbocycles. The van der Waals surface area contributed by atoms with Crippen LogP contribution in [-0.4, -0.2) is 33.4 Å². The minimum absolute atomic E-state index is 0.0946. The number of benzene rings is 1. The second kappa shape index (κ2) is 6.27. The summed E-state index contributed by atoms with van der Waals surface area (Å²) in [6.45, 7) is 0.419. The van der Waals surface area contributed by atoms with Crippen LogP contribution < -0.4 is 5.32 Å². The number of amides is 1. The molecule has 2 unspecified atom stereocenters. The smallest absolute Gasteiger partial charge is 0.251 e. The molecule has 1 aliphatic rings. The van der Waals surface area contributed by atoms with Crippen molar-refractivity contribution in [1.29, 1.82) is 0 Å². The second-order valence-corrected chi connectivity index (χ2v) is 5.59. The fourth-order valence-electron chi connectivity index (χ4n) is 2.83. The summed E-state index contributed by atoms with van der Waals surface area (Å²) >= 11 is 0. The van der Waals surface area contributed by atoms with E-state index in [2.05, 4.69) is 10.4 Å². The normalized spacial score (nSPS) is 21.0. The molecule has 0 saturated heterocycles. The van der Waals surface area contributed by atoms with Crippen molar-refractivity contribution < 1.29 is 14.3 Å². The van der Waals surface area contributed by atoms with E-state index in [1.165, 1.54) is 16.8 Å². The van der Waals surface area contributed by atoms with Gasteiger partial charge in [0, 0.05) is 30.4 Å². The van der Waals surface area contributed by atoms with Gasteiger partial charge in [-0.05, 0) is 37.1 Å². The molecule has 1 heterocycles. The van der Waals surface area contributed by atoms with Crippen LogP contribution in [0.3, 0.4) is 0 Å². The van der Waals surface area contributed by atoms with Crippen molar-refractivity contribution in [3.05, 3.63) is 48.0 Å². The van der Waals surface area contributed by atoms with E-state index >= 15 is 0 Å². The van der Waals surface area contributed by atoms with Gasteiger partial charge in [0.25, 0.3) is 5.91 Å². The van der Waals surface area contributed by atoms with Crippen molar-refractivity contribution >= 4 is 5.91 Å². The van der Waals surface area contributed by atoms with Crippen LogP contribution in [-0.2, 0) is 0 Å². The Morgan fingerprint density at radius 3 is 2.95 bits per heavy atom. The topological polar surface area (TPSA) is 67.2 Å². The average Bonchev–Trinajstić information content (AvgIpc) is 3.16. The van der Waals surface area contributed by atoms with Crippen molar-refractivity contribution in [2.75, 3.05) is 6.54 Å². The van der Waals surface area contributed by atoms with Crippen LogP contribution in [0, 0.1) is 11.7 Å². The third kappa shape index (κ3) is 3.01. The van der Waals surface area contributed by atoms with E-state index in [4.69, 9.17) is 0 Å². The molecule has 5 nitrogen and oxygen atoms in total. The first-order valence-corrected chi connectivity index (χ1v) is 7.41. The van der Waals surface area contributed by atoms with E-state index in [1.807, 2.05) is 0 Å². The summed E-state index contributed by atoms with van der Waals surface area (Å²) in [6.07, 6.45) is 5.53. The van der Waals surface area contributed by atoms with Gasteiger partial charge in [0.05, 0.1) is 6.10 Å². The Morgan fingerprint density at radius 1 is 1.45 bits per heavy atom. The van der Waals surface area contributed by atoms with Gasteiger partial charge >= 0.3 is 0 Å². The van der Waals surface area contributed by atoms with Crippen molar-refractivity contribution in [1.82, 2.24) is 15.1 Å². The summed E-state index contributed by atoms with van der Waals surface area (Å²) in [5.74, 6) is -0.737. The third-order valence-corrected chi connectivity index (χ3v) is 4.10. The number of carbonyl (C=O) groups excluding carboxylic acids is 1. The maximum atomic E-state index is 14.1. The van der Waals surface area contributed by atoms with Crippen molar-refractivity contribution in [2.45, 2.75) is 25.4 Å². The monoisotopic (exact) mass is 303 g/mol. The molecule has 2 aromatic rings. The Labute approximate surface area is 127 Å². The highest BCUT2D eigenvalue weighted by Gasteiger charge is 2.25. The van der Waals surface area contributed by atoms with E-state index in [-0.39, 0.29) is 23.5 Å².